The Hall–Kier alpha value is -2.12. The van der Waals surface area contributed by atoms with Gasteiger partial charge in [0.2, 0.25) is 0 Å². The van der Waals surface area contributed by atoms with Gasteiger partial charge < -0.3 is 15.3 Å². The maximum Gasteiger partial charge on any atom is 0.416 e. The van der Waals surface area contributed by atoms with Crippen LogP contribution in [-0.2, 0) is 11.8 Å². The smallest absolute Gasteiger partial charge is 0.385 e. The molecule has 2 aromatic rings. The first-order valence-electron chi connectivity index (χ1n) is 8.29. The van der Waals surface area contributed by atoms with Crippen molar-refractivity contribution in [1.29, 1.82) is 0 Å². The molecule has 0 spiro atoms. The molecule has 0 bridgehead atoms. The van der Waals surface area contributed by atoms with Crippen LogP contribution in [0.2, 0.25) is 0 Å². The summed E-state index contributed by atoms with van der Waals surface area (Å²) in [5.74, 6) is 0. The highest BCUT2D eigenvalue weighted by molar-refractivity contribution is 7.80. The number of hydrogen-bond donors (Lipinski definition) is 2. The molecule has 1 heterocycles. The Morgan fingerprint density at radius 1 is 1.04 bits per heavy atom. The topological polar surface area (TPSA) is 35.5 Å². The van der Waals surface area contributed by atoms with E-state index in [2.05, 4.69) is 5.32 Å². The van der Waals surface area contributed by atoms with Crippen LogP contribution < -0.4 is 5.32 Å². The van der Waals surface area contributed by atoms with E-state index in [1.54, 1.807) is 6.07 Å². The lowest BCUT2D eigenvalue weighted by atomic mass is 9.84. The second-order valence-corrected chi connectivity index (χ2v) is 6.78. The van der Waals surface area contributed by atoms with Crippen LogP contribution in [0.25, 0.3) is 0 Å². The van der Waals surface area contributed by atoms with Gasteiger partial charge in [0, 0.05) is 18.8 Å². The molecule has 0 radical (unpaired) electrons. The van der Waals surface area contributed by atoms with Crippen molar-refractivity contribution in [1.82, 2.24) is 4.90 Å². The second kappa shape index (κ2) is 7.25. The van der Waals surface area contributed by atoms with E-state index in [0.717, 1.165) is 17.8 Å². The summed E-state index contributed by atoms with van der Waals surface area (Å²) in [7, 11) is 0. The molecular weight excluding hydrogens is 361 g/mol. The van der Waals surface area contributed by atoms with Crippen LogP contribution >= 0.6 is 12.2 Å². The largest absolute Gasteiger partial charge is 0.416 e. The Labute approximate surface area is 155 Å². The summed E-state index contributed by atoms with van der Waals surface area (Å²) in [4.78, 5) is 1.92. The summed E-state index contributed by atoms with van der Waals surface area (Å²) in [5.41, 5.74) is -0.850. The third-order valence-electron chi connectivity index (χ3n) is 4.63. The molecular formula is C19H19F3N2OS. The number of benzene rings is 2. The molecule has 1 fully saturated rings. The molecule has 1 aliphatic rings. The zero-order valence-electron chi connectivity index (χ0n) is 14.0. The van der Waals surface area contributed by atoms with Gasteiger partial charge in [-0.15, -0.1) is 0 Å². The van der Waals surface area contributed by atoms with Gasteiger partial charge in [-0.3, -0.25) is 0 Å². The van der Waals surface area contributed by atoms with Gasteiger partial charge in [-0.2, -0.15) is 13.2 Å². The van der Waals surface area contributed by atoms with E-state index in [0.29, 0.717) is 36.6 Å². The molecule has 1 saturated heterocycles. The number of nitrogens with zero attached hydrogens (tertiary/aromatic N) is 1. The van der Waals surface area contributed by atoms with Crippen molar-refractivity contribution in [2.75, 3.05) is 18.4 Å². The van der Waals surface area contributed by atoms with Crippen molar-refractivity contribution in [3.05, 3.63) is 65.7 Å². The lowest BCUT2D eigenvalue weighted by Crippen LogP contribution is -2.46. The van der Waals surface area contributed by atoms with E-state index < -0.39 is 17.3 Å². The molecule has 26 heavy (non-hydrogen) atoms. The molecule has 2 aromatic carbocycles. The predicted molar refractivity (Wildman–Crippen MR) is 98.8 cm³/mol. The van der Waals surface area contributed by atoms with Crippen molar-refractivity contribution < 1.29 is 18.3 Å². The summed E-state index contributed by atoms with van der Waals surface area (Å²) >= 11 is 5.40. The summed E-state index contributed by atoms with van der Waals surface area (Å²) < 4.78 is 38.8. The fraction of sp³-hybridized carbons (Fsp3) is 0.316. The summed E-state index contributed by atoms with van der Waals surface area (Å²) in [5, 5.41) is 14.5. The number of piperidine rings is 1. The summed E-state index contributed by atoms with van der Waals surface area (Å²) in [6.07, 6.45) is -3.80. The molecule has 0 saturated carbocycles. The molecule has 138 valence electrons. The first-order chi connectivity index (χ1) is 12.3. The normalized spacial score (nSPS) is 17.0. The molecule has 0 aliphatic carbocycles. The number of alkyl halides is 3. The minimum absolute atomic E-state index is 0.300. The van der Waals surface area contributed by atoms with Crippen LogP contribution in [0, 0.1) is 0 Å². The number of hydrogen-bond acceptors (Lipinski definition) is 2. The molecule has 1 aliphatic heterocycles. The number of thiocarbonyl (C=S) groups is 1. The number of likely N-dealkylation sites (tertiary alicyclic amines) is 1. The third-order valence-corrected chi connectivity index (χ3v) is 4.99. The lowest BCUT2D eigenvalue weighted by molar-refractivity contribution is -0.137. The van der Waals surface area contributed by atoms with Crippen LogP contribution in [-0.4, -0.2) is 28.2 Å². The van der Waals surface area contributed by atoms with Gasteiger partial charge in [0.05, 0.1) is 11.2 Å². The molecule has 0 unspecified atom stereocenters. The van der Waals surface area contributed by atoms with Crippen LogP contribution in [0.1, 0.15) is 24.0 Å². The number of halogens is 3. The van der Waals surface area contributed by atoms with Gasteiger partial charge in [-0.05, 0) is 54.9 Å². The van der Waals surface area contributed by atoms with Crippen molar-refractivity contribution in [3.8, 4) is 0 Å². The Morgan fingerprint density at radius 3 is 2.31 bits per heavy atom. The highest BCUT2D eigenvalue weighted by atomic mass is 32.1. The van der Waals surface area contributed by atoms with E-state index in [9.17, 15) is 18.3 Å². The van der Waals surface area contributed by atoms with E-state index in [4.69, 9.17) is 12.2 Å². The van der Waals surface area contributed by atoms with Crippen molar-refractivity contribution in [3.63, 3.8) is 0 Å². The van der Waals surface area contributed by atoms with Gasteiger partial charge in [0.1, 0.15) is 0 Å². The maximum absolute atomic E-state index is 12.9. The van der Waals surface area contributed by atoms with E-state index in [1.807, 2.05) is 35.2 Å². The standard InChI is InChI=1S/C19H19F3N2OS/c20-19(21,22)15-6-4-5-14(13-15)18(25)9-11-24(12-10-18)17(26)23-16-7-2-1-3-8-16/h1-8,13,25H,9-12H2,(H,23,26). The lowest BCUT2D eigenvalue weighted by Gasteiger charge is -2.39. The molecule has 7 heteroatoms. The van der Waals surface area contributed by atoms with Gasteiger partial charge in [0.15, 0.2) is 5.11 Å². The number of rotatable bonds is 2. The Balaban J connectivity index is 1.66. The Bertz CT molecular complexity index is 772. The van der Waals surface area contributed by atoms with E-state index in [-0.39, 0.29) is 0 Å². The zero-order chi connectivity index (χ0) is 18.8. The molecule has 0 amide bonds. The predicted octanol–water partition coefficient (Wildman–Crippen LogP) is 4.39. The first kappa shape index (κ1) is 18.7. The molecule has 0 atom stereocenters. The Kier molecular flexibility index (Phi) is 5.20. The number of nitrogens with one attached hydrogen (secondary N) is 1. The van der Waals surface area contributed by atoms with Crippen molar-refractivity contribution >= 4 is 23.0 Å². The number of anilines is 1. The van der Waals surface area contributed by atoms with Gasteiger partial charge in [-0.25, -0.2) is 0 Å². The fourth-order valence-corrected chi connectivity index (χ4v) is 3.38. The molecule has 3 rings (SSSR count). The van der Waals surface area contributed by atoms with Gasteiger partial charge >= 0.3 is 6.18 Å². The quantitative estimate of drug-likeness (QED) is 0.758. The fourth-order valence-electron chi connectivity index (χ4n) is 3.08. The molecule has 3 nitrogen and oxygen atoms in total. The minimum atomic E-state index is -4.42. The molecule has 2 N–H and O–H groups in total. The maximum atomic E-state index is 12.9. The highest BCUT2D eigenvalue weighted by Crippen LogP contribution is 2.36. The van der Waals surface area contributed by atoms with Crippen molar-refractivity contribution in [2.45, 2.75) is 24.6 Å². The van der Waals surface area contributed by atoms with Gasteiger partial charge in [-0.1, -0.05) is 30.3 Å². The Morgan fingerprint density at radius 2 is 1.69 bits per heavy atom. The number of para-hydroxylation sites is 1. The van der Waals surface area contributed by atoms with E-state index >= 15 is 0 Å². The average Bonchev–Trinajstić information content (AvgIpc) is 2.62. The van der Waals surface area contributed by atoms with Crippen LogP contribution in [0.15, 0.2) is 54.6 Å². The van der Waals surface area contributed by atoms with Crippen molar-refractivity contribution in [2.24, 2.45) is 0 Å². The highest BCUT2D eigenvalue weighted by Gasteiger charge is 2.37. The molecule has 0 aromatic heterocycles. The van der Waals surface area contributed by atoms with Gasteiger partial charge in [0.25, 0.3) is 0 Å². The second-order valence-electron chi connectivity index (χ2n) is 6.39. The number of aliphatic hydroxyl groups is 1. The monoisotopic (exact) mass is 380 g/mol. The zero-order valence-corrected chi connectivity index (χ0v) is 14.8. The third kappa shape index (κ3) is 4.16. The summed E-state index contributed by atoms with van der Waals surface area (Å²) in [6, 6.07) is 14.4. The average molecular weight is 380 g/mol. The van der Waals surface area contributed by atoms with Crippen LogP contribution in [0.5, 0.6) is 0 Å². The van der Waals surface area contributed by atoms with Crippen LogP contribution in [0.4, 0.5) is 18.9 Å². The minimum Gasteiger partial charge on any atom is -0.385 e. The van der Waals surface area contributed by atoms with Crippen LogP contribution in [0.3, 0.4) is 0 Å². The summed E-state index contributed by atoms with van der Waals surface area (Å²) in [6.45, 7) is 0.927. The SMILES string of the molecule is OC1(c2cccc(C(F)(F)F)c2)CCN(C(=S)Nc2ccccc2)CC1. The first-order valence-corrected chi connectivity index (χ1v) is 8.70. The van der Waals surface area contributed by atoms with E-state index in [1.165, 1.54) is 6.07 Å².